The molecule has 0 unspecified atom stereocenters. The lowest BCUT2D eigenvalue weighted by molar-refractivity contribution is -0.384. The summed E-state index contributed by atoms with van der Waals surface area (Å²) in [5, 5.41) is 17.2. The number of rotatable bonds is 12. The Hall–Kier alpha value is -5.46. The van der Waals surface area contributed by atoms with E-state index < -0.39 is 22.7 Å². The van der Waals surface area contributed by atoms with E-state index in [1.807, 2.05) is 0 Å². The highest BCUT2D eigenvalue weighted by Crippen LogP contribution is 2.29. The molecule has 0 saturated carbocycles. The summed E-state index contributed by atoms with van der Waals surface area (Å²) in [5.74, 6) is -0.555. The van der Waals surface area contributed by atoms with Crippen LogP contribution in [0.15, 0.2) is 65.8 Å². The monoisotopic (exact) mass is 550 g/mol. The number of carbonyl (C=O) groups is 3. The van der Waals surface area contributed by atoms with Gasteiger partial charge >= 0.3 is 5.97 Å². The number of nitrogens with one attached hydrogen (secondary N) is 2. The molecule has 0 spiro atoms. The van der Waals surface area contributed by atoms with E-state index in [9.17, 15) is 24.5 Å². The summed E-state index contributed by atoms with van der Waals surface area (Å²) in [7, 11) is 2.93. The van der Waals surface area contributed by atoms with Crippen molar-refractivity contribution in [3.8, 4) is 23.0 Å². The predicted octanol–water partition coefficient (Wildman–Crippen LogP) is 3.11. The second-order valence-corrected chi connectivity index (χ2v) is 7.88. The van der Waals surface area contributed by atoms with Crippen LogP contribution in [0.3, 0.4) is 0 Å². The average Bonchev–Trinajstić information content (AvgIpc) is 2.96. The molecule has 0 fully saturated rings. The lowest BCUT2D eigenvalue weighted by Crippen LogP contribution is -2.34. The Morgan fingerprint density at radius 2 is 1.57 bits per heavy atom. The van der Waals surface area contributed by atoms with Gasteiger partial charge in [0, 0.05) is 17.7 Å². The molecule has 0 heterocycles. The SMILES string of the molecule is CCOc1cc(/C=N\NC(=O)CNC(=O)c2ccc(OC)c(OC)c2)ccc1OC(=O)c1ccc([N+](=O)[O-])cc1. The zero-order valence-electron chi connectivity index (χ0n) is 21.8. The number of amides is 2. The number of nitrogens with zero attached hydrogens (tertiary/aromatic N) is 2. The molecule has 0 atom stereocenters. The number of ether oxygens (including phenoxy) is 4. The van der Waals surface area contributed by atoms with Crippen LogP contribution < -0.4 is 29.7 Å². The molecular weight excluding hydrogens is 524 g/mol. The van der Waals surface area contributed by atoms with E-state index in [0.717, 1.165) is 0 Å². The zero-order chi connectivity index (χ0) is 29.1. The normalized spacial score (nSPS) is 10.5. The molecular formula is C27H26N4O9. The van der Waals surface area contributed by atoms with Crippen molar-refractivity contribution in [3.63, 3.8) is 0 Å². The van der Waals surface area contributed by atoms with E-state index in [0.29, 0.717) is 17.1 Å². The fraction of sp³-hybridized carbons (Fsp3) is 0.185. The molecule has 3 rings (SSSR count). The van der Waals surface area contributed by atoms with Gasteiger partial charge in [0.1, 0.15) is 0 Å². The number of hydrazone groups is 1. The number of nitro groups is 1. The van der Waals surface area contributed by atoms with Gasteiger partial charge in [-0.3, -0.25) is 19.7 Å². The van der Waals surface area contributed by atoms with Crippen LogP contribution in [0.4, 0.5) is 5.69 Å². The Bertz CT molecular complexity index is 1420. The highest BCUT2D eigenvalue weighted by atomic mass is 16.6. The van der Waals surface area contributed by atoms with Crippen molar-refractivity contribution in [2.45, 2.75) is 6.92 Å². The molecule has 2 N–H and O–H groups in total. The molecule has 3 aromatic carbocycles. The minimum atomic E-state index is -0.723. The maximum Gasteiger partial charge on any atom is 0.343 e. The van der Waals surface area contributed by atoms with E-state index in [4.69, 9.17) is 18.9 Å². The first-order chi connectivity index (χ1) is 19.2. The lowest BCUT2D eigenvalue weighted by atomic mass is 10.2. The molecule has 0 aliphatic carbocycles. The number of benzene rings is 3. The summed E-state index contributed by atoms with van der Waals surface area (Å²) in [6.07, 6.45) is 1.35. The van der Waals surface area contributed by atoms with Crippen molar-refractivity contribution >= 4 is 29.7 Å². The van der Waals surface area contributed by atoms with Crippen molar-refractivity contribution in [1.82, 2.24) is 10.7 Å². The Morgan fingerprint density at radius 1 is 0.900 bits per heavy atom. The van der Waals surface area contributed by atoms with Gasteiger partial charge in [0.2, 0.25) is 0 Å². The zero-order valence-corrected chi connectivity index (χ0v) is 21.8. The highest BCUT2D eigenvalue weighted by molar-refractivity contribution is 5.97. The number of hydrogen-bond acceptors (Lipinski definition) is 10. The minimum Gasteiger partial charge on any atom is -0.493 e. The number of carbonyl (C=O) groups excluding carboxylic acids is 3. The molecule has 13 nitrogen and oxygen atoms in total. The van der Waals surface area contributed by atoms with Gasteiger partial charge in [-0.15, -0.1) is 0 Å². The van der Waals surface area contributed by atoms with Crippen LogP contribution in [0, 0.1) is 10.1 Å². The summed E-state index contributed by atoms with van der Waals surface area (Å²) >= 11 is 0. The van der Waals surface area contributed by atoms with Crippen molar-refractivity contribution < 1.29 is 38.3 Å². The summed E-state index contributed by atoms with van der Waals surface area (Å²) in [5.41, 5.74) is 3.09. The second-order valence-electron chi connectivity index (χ2n) is 7.88. The standard InChI is InChI=1S/C27H26N4O9/c1-4-39-24-13-17(5-11-22(24)40-27(34)18-6-9-20(10-7-18)31(35)36)15-29-30-25(32)16-28-26(33)19-8-12-21(37-2)23(14-19)38-3/h5-15H,4,16H2,1-3H3,(H,28,33)(H,30,32)/b29-15-. The van der Waals surface area contributed by atoms with Gasteiger partial charge in [-0.1, -0.05) is 0 Å². The molecule has 13 heteroatoms. The van der Waals surface area contributed by atoms with Crippen molar-refractivity contribution in [3.05, 3.63) is 87.5 Å². The average molecular weight is 551 g/mol. The van der Waals surface area contributed by atoms with Gasteiger partial charge in [-0.25, -0.2) is 10.2 Å². The Balaban J connectivity index is 1.57. The first-order valence-corrected chi connectivity index (χ1v) is 11.8. The lowest BCUT2D eigenvalue weighted by Gasteiger charge is -2.11. The fourth-order valence-electron chi connectivity index (χ4n) is 3.29. The maximum absolute atomic E-state index is 12.5. The van der Waals surface area contributed by atoms with Gasteiger partial charge in [-0.2, -0.15) is 5.10 Å². The Labute approximate surface area is 228 Å². The van der Waals surface area contributed by atoms with Crippen LogP contribution in [0.5, 0.6) is 23.0 Å². The molecule has 40 heavy (non-hydrogen) atoms. The number of hydrogen-bond donors (Lipinski definition) is 2. The van der Waals surface area contributed by atoms with Gasteiger partial charge < -0.3 is 24.3 Å². The molecule has 0 bridgehead atoms. The van der Waals surface area contributed by atoms with Crippen LogP contribution >= 0.6 is 0 Å². The number of methoxy groups -OCH3 is 2. The molecule has 3 aromatic rings. The largest absolute Gasteiger partial charge is 0.493 e. The molecule has 2 amide bonds. The summed E-state index contributed by atoms with van der Waals surface area (Å²) in [4.78, 5) is 47.2. The van der Waals surface area contributed by atoms with Crippen molar-refractivity contribution in [2.24, 2.45) is 5.10 Å². The van der Waals surface area contributed by atoms with E-state index in [-0.39, 0.29) is 41.5 Å². The minimum absolute atomic E-state index is 0.125. The van der Waals surface area contributed by atoms with Crippen LogP contribution in [0.25, 0.3) is 0 Å². The van der Waals surface area contributed by atoms with E-state index in [1.165, 1.54) is 62.9 Å². The maximum atomic E-state index is 12.5. The number of non-ortho nitro benzene ring substituents is 1. The van der Waals surface area contributed by atoms with Gasteiger partial charge in [0.25, 0.3) is 17.5 Å². The summed E-state index contributed by atoms with van der Waals surface area (Å²) in [6.45, 7) is 1.70. The van der Waals surface area contributed by atoms with E-state index in [2.05, 4.69) is 15.8 Å². The third-order valence-corrected chi connectivity index (χ3v) is 5.24. The summed E-state index contributed by atoms with van der Waals surface area (Å²) < 4.78 is 21.3. The van der Waals surface area contributed by atoms with Gasteiger partial charge in [0.05, 0.1) is 44.1 Å². The van der Waals surface area contributed by atoms with Gasteiger partial charge in [-0.05, 0) is 61.0 Å². The fourth-order valence-corrected chi connectivity index (χ4v) is 3.29. The van der Waals surface area contributed by atoms with E-state index in [1.54, 1.807) is 25.1 Å². The van der Waals surface area contributed by atoms with Crippen molar-refractivity contribution in [2.75, 3.05) is 27.4 Å². The topological polar surface area (TPSA) is 168 Å². The Kier molecular flexibility index (Phi) is 10.1. The second kappa shape index (κ2) is 13.9. The van der Waals surface area contributed by atoms with Crippen LogP contribution in [0.2, 0.25) is 0 Å². The first-order valence-electron chi connectivity index (χ1n) is 11.8. The van der Waals surface area contributed by atoms with Crippen molar-refractivity contribution in [1.29, 1.82) is 0 Å². The molecule has 0 saturated heterocycles. The van der Waals surface area contributed by atoms with E-state index >= 15 is 0 Å². The van der Waals surface area contributed by atoms with Crippen LogP contribution in [0.1, 0.15) is 33.2 Å². The Morgan fingerprint density at radius 3 is 2.23 bits per heavy atom. The molecule has 0 aliphatic rings. The number of nitro benzene ring substituents is 1. The highest BCUT2D eigenvalue weighted by Gasteiger charge is 2.15. The molecule has 208 valence electrons. The smallest absolute Gasteiger partial charge is 0.343 e. The molecule has 0 aliphatic heterocycles. The quantitative estimate of drug-likeness (QED) is 0.113. The van der Waals surface area contributed by atoms with Crippen LogP contribution in [-0.4, -0.2) is 56.3 Å². The number of esters is 1. The summed E-state index contributed by atoms with van der Waals surface area (Å²) in [6, 6.07) is 14.2. The predicted molar refractivity (Wildman–Crippen MR) is 143 cm³/mol. The first kappa shape index (κ1) is 29.1. The molecule has 0 aromatic heterocycles. The van der Waals surface area contributed by atoms with Gasteiger partial charge in [0.15, 0.2) is 23.0 Å². The third kappa shape index (κ3) is 7.77. The third-order valence-electron chi connectivity index (χ3n) is 5.24. The molecule has 0 radical (unpaired) electrons. The van der Waals surface area contributed by atoms with Crippen LogP contribution in [-0.2, 0) is 4.79 Å².